The van der Waals surface area contributed by atoms with Crippen LogP contribution in [-0.2, 0) is 0 Å². The molecule has 1 N–H and O–H groups in total. The maximum absolute atomic E-state index is 8.88. The number of hydrogen-bond donors (Lipinski definition) is 1. The van der Waals surface area contributed by atoms with E-state index in [9.17, 15) is 0 Å². The topological polar surface area (TPSA) is 44.0 Å². The molecule has 1 aliphatic heterocycles. The molecule has 1 heterocycles. The molecule has 0 aliphatic carbocycles. The van der Waals surface area contributed by atoms with E-state index in [0.29, 0.717) is 11.3 Å². The van der Waals surface area contributed by atoms with E-state index in [0.717, 1.165) is 0 Å². The van der Waals surface area contributed by atoms with E-state index in [1.807, 2.05) is 6.07 Å². The summed E-state index contributed by atoms with van der Waals surface area (Å²) in [5, 5.41) is 18.8. The standard InChI is InChI=1S/C5H5NOS/c6-1-4-2-8-3-5(4)7/h2,5,7H,3H2. The summed E-state index contributed by atoms with van der Waals surface area (Å²) in [7, 11) is 0. The number of aliphatic hydroxyl groups is 1. The lowest BCUT2D eigenvalue weighted by Crippen LogP contribution is -2.06. The van der Waals surface area contributed by atoms with Crippen LogP contribution in [0.2, 0.25) is 0 Å². The zero-order chi connectivity index (χ0) is 5.98. The van der Waals surface area contributed by atoms with Crippen LogP contribution in [0.4, 0.5) is 0 Å². The average molecular weight is 127 g/mol. The monoisotopic (exact) mass is 127 g/mol. The summed E-state index contributed by atoms with van der Waals surface area (Å²) in [5.41, 5.74) is 0.495. The number of nitrogens with zero attached hydrogens (tertiary/aromatic N) is 1. The van der Waals surface area contributed by atoms with Crippen LogP contribution in [0.1, 0.15) is 0 Å². The number of hydrogen-bond acceptors (Lipinski definition) is 3. The third kappa shape index (κ3) is 0.857. The third-order valence-corrected chi connectivity index (χ3v) is 1.88. The second kappa shape index (κ2) is 2.21. The van der Waals surface area contributed by atoms with Crippen molar-refractivity contribution in [3.63, 3.8) is 0 Å². The minimum atomic E-state index is -0.509. The highest BCUT2D eigenvalue weighted by molar-refractivity contribution is 8.02. The Hall–Kier alpha value is -0.460. The van der Waals surface area contributed by atoms with Gasteiger partial charge in [-0.3, -0.25) is 0 Å². The molecule has 1 unspecified atom stereocenters. The quantitative estimate of drug-likeness (QED) is 0.515. The molecule has 0 spiro atoms. The van der Waals surface area contributed by atoms with Gasteiger partial charge in [0, 0.05) is 5.75 Å². The highest BCUT2D eigenvalue weighted by atomic mass is 32.2. The average Bonchev–Trinajstić information content (AvgIpc) is 2.14. The van der Waals surface area contributed by atoms with Crippen molar-refractivity contribution >= 4 is 11.8 Å². The molecular weight excluding hydrogens is 122 g/mol. The smallest absolute Gasteiger partial charge is 0.0987 e. The first-order chi connectivity index (χ1) is 3.84. The van der Waals surface area contributed by atoms with Crippen LogP contribution in [-0.4, -0.2) is 17.0 Å². The largest absolute Gasteiger partial charge is 0.387 e. The molecule has 1 atom stereocenters. The van der Waals surface area contributed by atoms with Crippen molar-refractivity contribution in [3.8, 4) is 6.07 Å². The van der Waals surface area contributed by atoms with E-state index in [4.69, 9.17) is 10.4 Å². The van der Waals surface area contributed by atoms with Crippen molar-refractivity contribution in [1.29, 1.82) is 5.26 Å². The SMILES string of the molecule is N#CC1=CSCC1O. The van der Waals surface area contributed by atoms with Crippen LogP contribution in [0.3, 0.4) is 0 Å². The van der Waals surface area contributed by atoms with Crippen molar-refractivity contribution in [2.45, 2.75) is 6.10 Å². The molecule has 2 nitrogen and oxygen atoms in total. The summed E-state index contributed by atoms with van der Waals surface area (Å²) in [6, 6.07) is 1.90. The number of rotatable bonds is 0. The van der Waals surface area contributed by atoms with Crippen LogP contribution in [0.15, 0.2) is 11.0 Å². The molecule has 0 radical (unpaired) electrons. The number of aliphatic hydroxyl groups excluding tert-OH is 1. The highest BCUT2D eigenvalue weighted by Crippen LogP contribution is 2.20. The maximum Gasteiger partial charge on any atom is 0.0987 e. The summed E-state index contributed by atoms with van der Waals surface area (Å²) in [6.07, 6.45) is -0.509. The van der Waals surface area contributed by atoms with Gasteiger partial charge in [-0.25, -0.2) is 0 Å². The Morgan fingerprint density at radius 1 is 2.00 bits per heavy atom. The van der Waals surface area contributed by atoms with Crippen LogP contribution in [0.5, 0.6) is 0 Å². The molecular formula is C5H5NOS. The molecule has 0 saturated heterocycles. The molecule has 0 aromatic heterocycles. The molecule has 1 rings (SSSR count). The molecule has 42 valence electrons. The fourth-order valence-electron chi connectivity index (χ4n) is 0.498. The van der Waals surface area contributed by atoms with Gasteiger partial charge in [-0.2, -0.15) is 5.26 Å². The first kappa shape index (κ1) is 5.67. The molecule has 0 bridgehead atoms. The number of thioether (sulfide) groups is 1. The Bertz CT molecular complexity index is 158. The van der Waals surface area contributed by atoms with E-state index in [2.05, 4.69) is 0 Å². The fraction of sp³-hybridized carbons (Fsp3) is 0.400. The van der Waals surface area contributed by atoms with Crippen LogP contribution >= 0.6 is 11.8 Å². The van der Waals surface area contributed by atoms with Gasteiger partial charge < -0.3 is 5.11 Å². The second-order valence-electron chi connectivity index (χ2n) is 1.53. The van der Waals surface area contributed by atoms with Gasteiger partial charge in [0.2, 0.25) is 0 Å². The summed E-state index contributed by atoms with van der Waals surface area (Å²) >= 11 is 1.48. The Labute approximate surface area is 51.8 Å². The van der Waals surface area contributed by atoms with Gasteiger partial charge in [0.15, 0.2) is 0 Å². The maximum atomic E-state index is 8.88. The van der Waals surface area contributed by atoms with E-state index in [1.54, 1.807) is 5.41 Å². The van der Waals surface area contributed by atoms with E-state index < -0.39 is 6.10 Å². The summed E-state index contributed by atoms with van der Waals surface area (Å²) in [5.74, 6) is 0.642. The van der Waals surface area contributed by atoms with Gasteiger partial charge in [-0.1, -0.05) is 0 Å². The first-order valence-corrected chi connectivity index (χ1v) is 3.29. The second-order valence-corrected chi connectivity index (χ2v) is 2.44. The first-order valence-electron chi connectivity index (χ1n) is 2.24. The van der Waals surface area contributed by atoms with Gasteiger partial charge in [0.05, 0.1) is 17.7 Å². The lowest BCUT2D eigenvalue weighted by atomic mass is 10.2. The number of nitriles is 1. The summed E-state index contributed by atoms with van der Waals surface area (Å²) in [6.45, 7) is 0. The zero-order valence-electron chi connectivity index (χ0n) is 4.16. The van der Waals surface area contributed by atoms with E-state index in [1.165, 1.54) is 11.8 Å². The Kier molecular flexibility index (Phi) is 1.56. The molecule has 0 fully saturated rings. The molecule has 1 aliphatic rings. The molecule has 8 heavy (non-hydrogen) atoms. The normalized spacial score (nSPS) is 27.0. The zero-order valence-corrected chi connectivity index (χ0v) is 4.98. The summed E-state index contributed by atoms with van der Waals surface area (Å²) in [4.78, 5) is 0. The van der Waals surface area contributed by atoms with Crippen LogP contribution < -0.4 is 0 Å². The van der Waals surface area contributed by atoms with Crippen molar-refractivity contribution in [1.82, 2.24) is 0 Å². The van der Waals surface area contributed by atoms with Crippen LogP contribution in [0, 0.1) is 11.3 Å². The van der Waals surface area contributed by atoms with Crippen molar-refractivity contribution in [2.75, 3.05) is 5.75 Å². The third-order valence-electron chi connectivity index (χ3n) is 0.952. The fourth-order valence-corrected chi connectivity index (χ4v) is 1.35. The molecule has 0 aromatic rings. The molecule has 0 saturated carbocycles. The van der Waals surface area contributed by atoms with Crippen molar-refractivity contribution in [2.24, 2.45) is 0 Å². The van der Waals surface area contributed by atoms with Crippen LogP contribution in [0.25, 0.3) is 0 Å². The highest BCUT2D eigenvalue weighted by Gasteiger charge is 2.15. The molecule has 0 amide bonds. The Morgan fingerprint density at radius 2 is 2.75 bits per heavy atom. The lowest BCUT2D eigenvalue weighted by molar-refractivity contribution is 0.243. The van der Waals surface area contributed by atoms with Gasteiger partial charge in [0.25, 0.3) is 0 Å². The molecule has 0 aromatic carbocycles. The van der Waals surface area contributed by atoms with E-state index >= 15 is 0 Å². The predicted molar refractivity (Wildman–Crippen MR) is 32.2 cm³/mol. The van der Waals surface area contributed by atoms with Gasteiger partial charge in [-0.15, -0.1) is 11.8 Å². The van der Waals surface area contributed by atoms with Crippen molar-refractivity contribution < 1.29 is 5.11 Å². The molecule has 3 heteroatoms. The minimum absolute atomic E-state index is 0.495. The van der Waals surface area contributed by atoms with Gasteiger partial charge in [0.1, 0.15) is 0 Å². The predicted octanol–water partition coefficient (Wildman–Crippen LogP) is 0.502. The summed E-state index contributed by atoms with van der Waals surface area (Å²) < 4.78 is 0. The van der Waals surface area contributed by atoms with E-state index in [-0.39, 0.29) is 0 Å². The van der Waals surface area contributed by atoms with Crippen molar-refractivity contribution in [3.05, 3.63) is 11.0 Å². The van der Waals surface area contributed by atoms with Gasteiger partial charge in [-0.05, 0) is 5.41 Å². The Morgan fingerprint density at radius 3 is 3.00 bits per heavy atom. The van der Waals surface area contributed by atoms with Gasteiger partial charge >= 0.3 is 0 Å². The Balaban J connectivity index is 2.66. The minimum Gasteiger partial charge on any atom is -0.387 e. The lowest BCUT2D eigenvalue weighted by Gasteiger charge is -1.94.